The summed E-state index contributed by atoms with van der Waals surface area (Å²) in [4.78, 5) is 10.6. The number of rotatable bonds is 5. The van der Waals surface area contributed by atoms with Gasteiger partial charge in [0.05, 0.1) is 4.92 Å². The van der Waals surface area contributed by atoms with Crippen molar-refractivity contribution in [2.45, 2.75) is 19.4 Å². The Hall–Kier alpha value is -2.47. The van der Waals surface area contributed by atoms with Crippen LogP contribution in [0.1, 0.15) is 12.5 Å². The first-order valence-corrected chi connectivity index (χ1v) is 6.42. The fourth-order valence-corrected chi connectivity index (χ4v) is 1.92. The Balaban J connectivity index is 2.30. The van der Waals surface area contributed by atoms with E-state index in [4.69, 9.17) is 10.5 Å². The molecule has 0 saturated carbocycles. The normalized spacial score (nSPS) is 12.0. The number of hydrogen-bond donors (Lipinski definition) is 1. The first kappa shape index (κ1) is 14.9. The summed E-state index contributed by atoms with van der Waals surface area (Å²) in [5.74, 6) is 0.0450. The average molecular weight is 290 g/mol. The van der Waals surface area contributed by atoms with Crippen LogP contribution in [0, 0.1) is 15.9 Å². The number of benzene rings is 2. The van der Waals surface area contributed by atoms with E-state index < -0.39 is 10.7 Å². The average Bonchev–Trinajstić information content (AvgIpc) is 2.42. The van der Waals surface area contributed by atoms with E-state index in [2.05, 4.69) is 0 Å². The van der Waals surface area contributed by atoms with Gasteiger partial charge < -0.3 is 10.5 Å². The van der Waals surface area contributed by atoms with Gasteiger partial charge in [-0.15, -0.1) is 0 Å². The Morgan fingerprint density at radius 2 is 1.95 bits per heavy atom. The first-order chi connectivity index (χ1) is 9.95. The lowest BCUT2D eigenvalue weighted by Gasteiger charge is -2.09. The number of nitrogens with two attached hydrogens (primary N) is 1. The van der Waals surface area contributed by atoms with Crippen LogP contribution >= 0.6 is 0 Å². The van der Waals surface area contributed by atoms with E-state index in [0.717, 1.165) is 5.56 Å². The lowest BCUT2D eigenvalue weighted by Crippen LogP contribution is -2.17. The Bertz CT molecular complexity index is 642. The summed E-state index contributed by atoms with van der Waals surface area (Å²) in [7, 11) is 0. The molecule has 0 fully saturated rings. The molecule has 0 spiro atoms. The van der Waals surface area contributed by atoms with Gasteiger partial charge in [0.15, 0.2) is 0 Å². The molecule has 2 N–H and O–H groups in total. The summed E-state index contributed by atoms with van der Waals surface area (Å²) < 4.78 is 18.3. The highest BCUT2D eigenvalue weighted by molar-refractivity contribution is 5.50. The maximum atomic E-state index is 12.8. The van der Waals surface area contributed by atoms with Gasteiger partial charge in [-0.3, -0.25) is 10.1 Å². The molecular weight excluding hydrogens is 275 g/mol. The van der Waals surface area contributed by atoms with Crippen LogP contribution in [0.3, 0.4) is 0 Å². The van der Waals surface area contributed by atoms with Gasteiger partial charge in [-0.2, -0.15) is 0 Å². The van der Waals surface area contributed by atoms with Crippen molar-refractivity contribution in [1.29, 1.82) is 0 Å². The van der Waals surface area contributed by atoms with E-state index in [1.165, 1.54) is 36.4 Å². The number of ether oxygens (including phenoxy) is 1. The van der Waals surface area contributed by atoms with E-state index in [1.54, 1.807) is 6.07 Å². The maximum Gasteiger partial charge on any atom is 0.311 e. The highest BCUT2D eigenvalue weighted by Gasteiger charge is 2.17. The van der Waals surface area contributed by atoms with Gasteiger partial charge in [0.1, 0.15) is 11.6 Å². The van der Waals surface area contributed by atoms with Gasteiger partial charge in [0, 0.05) is 12.1 Å². The molecule has 0 aliphatic heterocycles. The first-order valence-electron chi connectivity index (χ1n) is 6.42. The molecule has 0 saturated heterocycles. The largest absolute Gasteiger partial charge is 0.450 e. The molecule has 0 amide bonds. The molecule has 110 valence electrons. The van der Waals surface area contributed by atoms with Crippen molar-refractivity contribution >= 4 is 5.69 Å². The highest BCUT2D eigenvalue weighted by Crippen LogP contribution is 2.32. The van der Waals surface area contributed by atoms with Crippen LogP contribution in [-0.4, -0.2) is 11.0 Å². The van der Waals surface area contributed by atoms with Gasteiger partial charge in [0.25, 0.3) is 0 Å². The lowest BCUT2D eigenvalue weighted by atomic mass is 10.1. The topological polar surface area (TPSA) is 78.4 Å². The molecule has 2 aromatic rings. The molecule has 21 heavy (non-hydrogen) atoms. The third kappa shape index (κ3) is 4.00. The summed E-state index contributed by atoms with van der Waals surface area (Å²) in [5, 5.41) is 11.1. The molecule has 0 radical (unpaired) electrons. The van der Waals surface area contributed by atoms with Crippen molar-refractivity contribution in [1.82, 2.24) is 0 Å². The number of nitro benzene ring substituents is 1. The van der Waals surface area contributed by atoms with Crippen molar-refractivity contribution in [2.24, 2.45) is 5.73 Å². The van der Waals surface area contributed by atoms with Crippen molar-refractivity contribution in [2.75, 3.05) is 0 Å². The Kier molecular flexibility index (Phi) is 4.49. The molecule has 0 aliphatic carbocycles. The van der Waals surface area contributed by atoms with Crippen LogP contribution in [0.5, 0.6) is 11.5 Å². The molecular formula is C15H15FN2O3. The van der Waals surface area contributed by atoms with Crippen molar-refractivity contribution in [3.8, 4) is 11.5 Å². The van der Waals surface area contributed by atoms with Crippen LogP contribution < -0.4 is 10.5 Å². The summed E-state index contributed by atoms with van der Waals surface area (Å²) >= 11 is 0. The molecule has 0 heterocycles. The smallest absolute Gasteiger partial charge is 0.311 e. The Morgan fingerprint density at radius 3 is 2.52 bits per heavy atom. The third-order valence-corrected chi connectivity index (χ3v) is 2.82. The monoisotopic (exact) mass is 290 g/mol. The minimum absolute atomic E-state index is 0.0894. The third-order valence-electron chi connectivity index (χ3n) is 2.82. The van der Waals surface area contributed by atoms with Crippen LogP contribution in [0.2, 0.25) is 0 Å². The summed E-state index contributed by atoms with van der Waals surface area (Å²) in [6, 6.07) is 9.89. The minimum Gasteiger partial charge on any atom is -0.450 e. The predicted molar refractivity (Wildman–Crippen MR) is 76.9 cm³/mol. The van der Waals surface area contributed by atoms with Crippen LogP contribution in [0.4, 0.5) is 10.1 Å². The van der Waals surface area contributed by atoms with Crippen molar-refractivity contribution < 1.29 is 14.1 Å². The number of nitrogens with zero attached hydrogens (tertiary/aromatic N) is 1. The Morgan fingerprint density at radius 1 is 1.29 bits per heavy atom. The number of nitro groups is 1. The SMILES string of the molecule is CC(N)Cc1ccc(Oc2ccc(F)cc2)c([N+](=O)[O-])c1. The molecule has 1 atom stereocenters. The van der Waals surface area contributed by atoms with Gasteiger partial charge in [-0.25, -0.2) is 4.39 Å². The van der Waals surface area contributed by atoms with E-state index in [9.17, 15) is 14.5 Å². The number of hydrogen-bond acceptors (Lipinski definition) is 4. The van der Waals surface area contributed by atoms with E-state index in [0.29, 0.717) is 12.2 Å². The van der Waals surface area contributed by atoms with Crippen molar-refractivity contribution in [3.05, 3.63) is 64.0 Å². The van der Waals surface area contributed by atoms with Gasteiger partial charge in [0.2, 0.25) is 5.75 Å². The molecule has 0 bridgehead atoms. The summed E-state index contributed by atoms with van der Waals surface area (Å²) in [6.07, 6.45) is 0.539. The van der Waals surface area contributed by atoms with E-state index in [1.807, 2.05) is 6.92 Å². The van der Waals surface area contributed by atoms with Gasteiger partial charge >= 0.3 is 5.69 Å². The fraction of sp³-hybridized carbons (Fsp3) is 0.200. The zero-order chi connectivity index (χ0) is 15.4. The zero-order valence-corrected chi connectivity index (χ0v) is 11.5. The standard InChI is InChI=1S/C15H15FN2O3/c1-10(17)8-11-2-7-15(14(9-11)18(19)20)21-13-5-3-12(16)4-6-13/h2-7,9-10H,8,17H2,1H3. The molecule has 6 heteroatoms. The second-order valence-electron chi connectivity index (χ2n) is 4.80. The maximum absolute atomic E-state index is 12.8. The van der Waals surface area contributed by atoms with E-state index in [-0.39, 0.29) is 17.5 Å². The molecule has 2 aromatic carbocycles. The van der Waals surface area contributed by atoms with Crippen LogP contribution in [-0.2, 0) is 6.42 Å². The minimum atomic E-state index is -0.510. The summed E-state index contributed by atoms with van der Waals surface area (Å²) in [6.45, 7) is 1.83. The second kappa shape index (κ2) is 6.32. The quantitative estimate of drug-likeness (QED) is 0.676. The highest BCUT2D eigenvalue weighted by atomic mass is 19.1. The lowest BCUT2D eigenvalue weighted by molar-refractivity contribution is -0.385. The second-order valence-corrected chi connectivity index (χ2v) is 4.80. The number of halogens is 1. The van der Waals surface area contributed by atoms with Crippen molar-refractivity contribution in [3.63, 3.8) is 0 Å². The zero-order valence-electron chi connectivity index (χ0n) is 11.5. The predicted octanol–water partition coefficient (Wildman–Crippen LogP) is 3.42. The van der Waals surface area contributed by atoms with Gasteiger partial charge in [-0.05, 0) is 49.2 Å². The van der Waals surface area contributed by atoms with Crippen LogP contribution in [0.25, 0.3) is 0 Å². The molecule has 5 nitrogen and oxygen atoms in total. The fourth-order valence-electron chi connectivity index (χ4n) is 1.92. The van der Waals surface area contributed by atoms with E-state index >= 15 is 0 Å². The van der Waals surface area contributed by atoms with Crippen LogP contribution in [0.15, 0.2) is 42.5 Å². The molecule has 0 aromatic heterocycles. The molecule has 0 aliphatic rings. The Labute approximate surface area is 121 Å². The molecule has 1 unspecified atom stereocenters. The summed E-state index contributed by atoms with van der Waals surface area (Å²) in [5.41, 5.74) is 6.32. The molecule has 2 rings (SSSR count). The van der Waals surface area contributed by atoms with Gasteiger partial charge in [-0.1, -0.05) is 6.07 Å².